The van der Waals surface area contributed by atoms with Crippen LogP contribution in [-0.2, 0) is 17.6 Å². The van der Waals surface area contributed by atoms with Gasteiger partial charge in [-0.1, -0.05) is 63.9 Å². The van der Waals surface area contributed by atoms with Gasteiger partial charge in [0.15, 0.2) is 0 Å². The summed E-state index contributed by atoms with van der Waals surface area (Å²) in [6.07, 6.45) is 2.15. The molecule has 4 nitrogen and oxygen atoms in total. The molecule has 1 aromatic heterocycles. The molecule has 0 aliphatic rings. The van der Waals surface area contributed by atoms with E-state index in [1.807, 2.05) is 52.0 Å². The fraction of sp³-hybridized carbons (Fsp3) is 0.500. The highest BCUT2D eigenvalue weighted by Gasteiger charge is 2.30. The molecule has 0 fully saturated rings. The average molecular weight is 407 g/mol. The van der Waals surface area contributed by atoms with Crippen molar-refractivity contribution in [3.63, 3.8) is 0 Å². The molecule has 0 amide bonds. The Balaban J connectivity index is 2.90. The minimum atomic E-state index is -0.637. The van der Waals surface area contributed by atoms with Gasteiger partial charge < -0.3 is 4.74 Å². The molecule has 0 atom stereocenters. The maximum Gasteiger partial charge on any atom is 0.341 e. The number of aromatic nitrogens is 1. The lowest BCUT2D eigenvalue weighted by atomic mass is 9.85. The molecule has 2 aromatic rings. The van der Waals surface area contributed by atoms with Crippen LogP contribution in [0, 0.1) is 23.7 Å². The summed E-state index contributed by atoms with van der Waals surface area (Å²) in [6.45, 7) is 16.0. The number of carbonyl (C=O) groups is 1. The van der Waals surface area contributed by atoms with Crippen LogP contribution >= 0.6 is 0 Å². The van der Waals surface area contributed by atoms with E-state index in [0.717, 1.165) is 23.2 Å². The third-order valence-corrected chi connectivity index (χ3v) is 4.59. The number of esters is 1. The van der Waals surface area contributed by atoms with Gasteiger partial charge in [0, 0.05) is 5.56 Å². The summed E-state index contributed by atoms with van der Waals surface area (Å²) < 4.78 is 5.75. The number of pyridine rings is 1. The smallest absolute Gasteiger partial charge is 0.341 e. The Morgan fingerprint density at radius 2 is 1.67 bits per heavy atom. The second-order valence-electron chi connectivity index (χ2n) is 10.1. The van der Waals surface area contributed by atoms with Crippen LogP contribution in [0.1, 0.15) is 87.8 Å². The molecular weight excluding hydrogens is 372 g/mol. The van der Waals surface area contributed by atoms with Gasteiger partial charge in [0.2, 0.25) is 0 Å². The zero-order valence-corrected chi connectivity index (χ0v) is 19.6. The molecule has 160 valence electrons. The Bertz CT molecular complexity index is 953. The highest BCUT2D eigenvalue weighted by atomic mass is 16.6. The highest BCUT2D eigenvalue weighted by molar-refractivity contribution is 6.00. The number of ether oxygens (including phenoxy) is 1. The van der Waals surface area contributed by atoms with Gasteiger partial charge >= 0.3 is 5.97 Å². The van der Waals surface area contributed by atoms with Crippen molar-refractivity contribution in [2.45, 2.75) is 80.3 Å². The number of rotatable bonds is 5. The van der Waals surface area contributed by atoms with Gasteiger partial charge in [-0.3, -0.25) is 4.98 Å². The molecule has 30 heavy (non-hydrogen) atoms. The number of carbonyl (C=O) groups excluding carboxylic acids is 1. The van der Waals surface area contributed by atoms with Gasteiger partial charge in [0.1, 0.15) is 11.7 Å². The average Bonchev–Trinajstić information content (AvgIpc) is 2.59. The fourth-order valence-electron chi connectivity index (χ4n) is 3.41. The lowest BCUT2D eigenvalue weighted by Crippen LogP contribution is -2.26. The van der Waals surface area contributed by atoms with Crippen molar-refractivity contribution in [2.75, 3.05) is 0 Å². The predicted octanol–water partition coefficient (Wildman–Crippen LogP) is 6.43. The van der Waals surface area contributed by atoms with Crippen LogP contribution in [0.25, 0.3) is 11.1 Å². The topological polar surface area (TPSA) is 63.0 Å². The first-order valence-electron chi connectivity index (χ1n) is 10.6. The fourth-order valence-corrected chi connectivity index (χ4v) is 3.41. The second-order valence-corrected chi connectivity index (χ2v) is 10.1. The van der Waals surface area contributed by atoms with E-state index < -0.39 is 11.6 Å². The lowest BCUT2D eigenvalue weighted by Gasteiger charge is -2.25. The number of hydrogen-bond acceptors (Lipinski definition) is 4. The Labute approximate surface area is 181 Å². The summed E-state index contributed by atoms with van der Waals surface area (Å²) >= 11 is 0. The maximum absolute atomic E-state index is 13.3. The minimum Gasteiger partial charge on any atom is -0.456 e. The number of nitrogens with zero attached hydrogens (tertiary/aromatic N) is 2. The van der Waals surface area contributed by atoms with Crippen LogP contribution in [0.2, 0.25) is 0 Å². The van der Waals surface area contributed by atoms with Crippen molar-refractivity contribution in [3.8, 4) is 17.2 Å². The zero-order chi connectivity index (χ0) is 22.7. The van der Waals surface area contributed by atoms with Gasteiger partial charge in [0.05, 0.1) is 22.5 Å². The Morgan fingerprint density at radius 1 is 1.07 bits per heavy atom. The summed E-state index contributed by atoms with van der Waals surface area (Å²) in [5.74, 6) is -0.423. The van der Waals surface area contributed by atoms with Crippen LogP contribution < -0.4 is 0 Å². The van der Waals surface area contributed by atoms with Crippen LogP contribution in [0.3, 0.4) is 0 Å². The van der Waals surface area contributed by atoms with Crippen molar-refractivity contribution >= 4 is 5.97 Å². The minimum absolute atomic E-state index is 0.0416. The van der Waals surface area contributed by atoms with E-state index in [0.29, 0.717) is 35.2 Å². The van der Waals surface area contributed by atoms with Crippen LogP contribution in [0.4, 0.5) is 0 Å². The lowest BCUT2D eigenvalue weighted by molar-refractivity contribution is 0.00686. The van der Waals surface area contributed by atoms with Gasteiger partial charge in [0.25, 0.3) is 0 Å². The van der Waals surface area contributed by atoms with Crippen molar-refractivity contribution in [1.29, 1.82) is 5.26 Å². The number of benzene rings is 1. The second kappa shape index (κ2) is 9.00. The molecule has 1 heterocycles. The molecule has 0 aliphatic heterocycles. The first-order chi connectivity index (χ1) is 13.9. The van der Waals surface area contributed by atoms with Crippen LogP contribution in [-0.4, -0.2) is 16.6 Å². The SMILES string of the molecule is CCCc1nc(CC(C)(C)C)c(C#N)c(-c2ccc(C)cc2)c1C(=O)OC(C)(C)C. The molecule has 0 saturated carbocycles. The molecule has 0 radical (unpaired) electrons. The van der Waals surface area contributed by atoms with Gasteiger partial charge in [-0.25, -0.2) is 4.79 Å². The molecule has 2 rings (SSSR count). The summed E-state index contributed by atoms with van der Waals surface area (Å²) in [5, 5.41) is 10.1. The summed E-state index contributed by atoms with van der Waals surface area (Å²) in [4.78, 5) is 18.2. The van der Waals surface area contributed by atoms with Gasteiger partial charge in [-0.05, 0) is 51.5 Å². The third-order valence-electron chi connectivity index (χ3n) is 4.59. The molecule has 0 saturated heterocycles. The summed E-state index contributed by atoms with van der Waals surface area (Å²) in [7, 11) is 0. The highest BCUT2D eigenvalue weighted by Crippen LogP contribution is 2.35. The summed E-state index contributed by atoms with van der Waals surface area (Å²) in [6, 6.07) is 10.3. The van der Waals surface area contributed by atoms with E-state index in [2.05, 4.69) is 33.8 Å². The van der Waals surface area contributed by atoms with E-state index in [9.17, 15) is 10.1 Å². The molecular formula is C26H34N2O2. The standard InChI is InChI=1S/C26H34N2O2/c1-9-10-20-23(24(29)30-26(6,7)8)22(18-13-11-17(2)12-14-18)19(16-27)21(28-20)15-25(3,4)5/h11-14H,9-10,15H2,1-8H3. The normalized spacial score (nSPS) is 11.8. The number of aryl methyl sites for hydroxylation is 2. The Hall–Kier alpha value is -2.67. The zero-order valence-electron chi connectivity index (χ0n) is 19.6. The van der Waals surface area contributed by atoms with E-state index >= 15 is 0 Å². The van der Waals surface area contributed by atoms with Crippen LogP contribution in [0.5, 0.6) is 0 Å². The number of nitriles is 1. The van der Waals surface area contributed by atoms with Crippen molar-refractivity contribution in [2.24, 2.45) is 5.41 Å². The molecule has 0 spiro atoms. The molecule has 1 aromatic carbocycles. The molecule has 0 unspecified atom stereocenters. The van der Waals surface area contributed by atoms with E-state index in [-0.39, 0.29) is 5.41 Å². The van der Waals surface area contributed by atoms with Crippen LogP contribution in [0.15, 0.2) is 24.3 Å². The van der Waals surface area contributed by atoms with Crippen molar-refractivity contribution < 1.29 is 9.53 Å². The Morgan fingerprint density at radius 3 is 2.13 bits per heavy atom. The van der Waals surface area contributed by atoms with Crippen molar-refractivity contribution in [3.05, 3.63) is 52.3 Å². The molecule has 4 heteroatoms. The van der Waals surface area contributed by atoms with E-state index in [1.165, 1.54) is 0 Å². The maximum atomic E-state index is 13.3. The van der Waals surface area contributed by atoms with Gasteiger partial charge in [-0.2, -0.15) is 5.26 Å². The molecule has 0 N–H and O–H groups in total. The van der Waals surface area contributed by atoms with E-state index in [4.69, 9.17) is 9.72 Å². The van der Waals surface area contributed by atoms with E-state index in [1.54, 1.807) is 0 Å². The predicted molar refractivity (Wildman–Crippen MR) is 121 cm³/mol. The first kappa shape index (κ1) is 23.6. The molecule has 0 bridgehead atoms. The van der Waals surface area contributed by atoms with Crippen molar-refractivity contribution in [1.82, 2.24) is 4.98 Å². The Kier molecular flexibility index (Phi) is 7.08. The number of hydrogen-bond donors (Lipinski definition) is 0. The third kappa shape index (κ3) is 5.92. The summed E-state index contributed by atoms with van der Waals surface area (Å²) in [5.41, 5.74) is 4.27. The first-order valence-corrected chi connectivity index (χ1v) is 10.6. The molecule has 0 aliphatic carbocycles. The monoisotopic (exact) mass is 406 g/mol. The largest absolute Gasteiger partial charge is 0.456 e. The quantitative estimate of drug-likeness (QED) is 0.537. The van der Waals surface area contributed by atoms with Gasteiger partial charge in [-0.15, -0.1) is 0 Å².